The van der Waals surface area contributed by atoms with Crippen LogP contribution in [0.3, 0.4) is 0 Å². The summed E-state index contributed by atoms with van der Waals surface area (Å²) in [7, 11) is -3.70. The predicted octanol–water partition coefficient (Wildman–Crippen LogP) is 2.05. The monoisotopic (exact) mass is 423 g/mol. The molecule has 0 aliphatic carbocycles. The van der Waals surface area contributed by atoms with E-state index in [2.05, 4.69) is 15.1 Å². The van der Waals surface area contributed by atoms with E-state index in [0.29, 0.717) is 18.7 Å². The molecule has 2 N–H and O–H groups in total. The summed E-state index contributed by atoms with van der Waals surface area (Å²) in [4.78, 5) is 12.5. The van der Waals surface area contributed by atoms with Crippen molar-refractivity contribution in [1.82, 2.24) is 19.8 Å². The Hall–Kier alpha value is -3.48. The quantitative estimate of drug-likeness (QED) is 0.511. The summed E-state index contributed by atoms with van der Waals surface area (Å²) < 4.78 is 28.4. The predicted molar refractivity (Wildman–Crippen MR) is 111 cm³/mol. The number of rotatable bonds is 9. The molecule has 0 saturated heterocycles. The Morgan fingerprint density at radius 1 is 1.07 bits per heavy atom. The lowest BCUT2D eigenvalue weighted by Gasteiger charge is -2.11. The number of carbonyl (C=O) groups is 1. The van der Waals surface area contributed by atoms with Crippen molar-refractivity contribution >= 4 is 15.9 Å². The zero-order valence-corrected chi connectivity index (χ0v) is 17.0. The lowest BCUT2D eigenvalue weighted by molar-refractivity contribution is 0.0950. The number of nitrogens with one attached hydrogen (secondary N) is 2. The Morgan fingerprint density at radius 3 is 2.47 bits per heavy atom. The Balaban J connectivity index is 1.63. The van der Waals surface area contributed by atoms with Gasteiger partial charge in [0, 0.05) is 37.5 Å². The van der Waals surface area contributed by atoms with Gasteiger partial charge in [-0.05, 0) is 41.5 Å². The molecule has 0 fully saturated rings. The first-order valence-electron chi connectivity index (χ1n) is 9.29. The van der Waals surface area contributed by atoms with Crippen LogP contribution in [0.25, 0.3) is 0 Å². The van der Waals surface area contributed by atoms with E-state index in [0.717, 1.165) is 11.1 Å². The number of benzene rings is 2. The molecule has 0 bridgehead atoms. The van der Waals surface area contributed by atoms with Gasteiger partial charge in [0.05, 0.1) is 17.5 Å². The zero-order valence-electron chi connectivity index (χ0n) is 16.2. The number of sulfonamides is 1. The van der Waals surface area contributed by atoms with Crippen molar-refractivity contribution in [3.05, 3.63) is 83.7 Å². The van der Waals surface area contributed by atoms with Gasteiger partial charge in [-0.15, -0.1) is 0 Å². The summed E-state index contributed by atoms with van der Waals surface area (Å²) in [6.07, 6.45) is 3.68. The second-order valence-electron chi connectivity index (χ2n) is 6.49. The van der Waals surface area contributed by atoms with Crippen LogP contribution in [-0.2, 0) is 23.1 Å². The molecule has 3 rings (SSSR count). The number of carbonyl (C=O) groups excluding carboxylic acids is 1. The minimum absolute atomic E-state index is 0.0407. The fourth-order valence-electron chi connectivity index (χ4n) is 2.84. The van der Waals surface area contributed by atoms with E-state index < -0.39 is 10.0 Å². The molecule has 0 saturated carbocycles. The topological polar surface area (TPSA) is 117 Å². The lowest BCUT2D eigenvalue weighted by atomic mass is 10.1. The molecule has 1 heterocycles. The van der Waals surface area contributed by atoms with Crippen LogP contribution in [0, 0.1) is 11.3 Å². The number of nitrogens with zero attached hydrogens (tertiary/aromatic N) is 3. The average Bonchev–Trinajstić information content (AvgIpc) is 3.26. The highest BCUT2D eigenvalue weighted by Crippen LogP contribution is 2.13. The maximum atomic E-state index is 12.5. The SMILES string of the molecule is N#CCCNS(=O)(=O)c1ccc(C(=O)NCc2ccccc2Cn2cccn2)cc1. The molecule has 9 heteroatoms. The third-order valence-electron chi connectivity index (χ3n) is 4.41. The molecule has 0 spiro atoms. The van der Waals surface area contributed by atoms with Crippen molar-refractivity contribution < 1.29 is 13.2 Å². The first kappa shape index (κ1) is 21.2. The average molecular weight is 423 g/mol. The van der Waals surface area contributed by atoms with Crippen LogP contribution in [0.5, 0.6) is 0 Å². The van der Waals surface area contributed by atoms with Gasteiger partial charge in [0.1, 0.15) is 0 Å². The molecule has 0 unspecified atom stereocenters. The van der Waals surface area contributed by atoms with Gasteiger partial charge in [0.25, 0.3) is 5.91 Å². The number of amides is 1. The molecule has 30 heavy (non-hydrogen) atoms. The van der Waals surface area contributed by atoms with E-state index >= 15 is 0 Å². The third-order valence-corrected chi connectivity index (χ3v) is 5.88. The van der Waals surface area contributed by atoms with Crippen molar-refractivity contribution in [3.63, 3.8) is 0 Å². The molecule has 154 valence electrons. The second-order valence-corrected chi connectivity index (χ2v) is 8.25. The van der Waals surface area contributed by atoms with E-state index in [4.69, 9.17) is 5.26 Å². The van der Waals surface area contributed by atoms with Crippen LogP contribution >= 0.6 is 0 Å². The molecule has 8 nitrogen and oxygen atoms in total. The molecule has 0 atom stereocenters. The van der Waals surface area contributed by atoms with Gasteiger partial charge < -0.3 is 5.32 Å². The Morgan fingerprint density at radius 2 is 1.80 bits per heavy atom. The molecule has 2 aromatic carbocycles. The standard InChI is InChI=1S/C21H21N5O3S/c22-11-3-13-25-30(28,29)20-9-7-17(8-10-20)21(27)23-15-18-5-1-2-6-19(18)16-26-14-4-12-24-26/h1-2,4-10,12,14,25H,3,13,15-16H2,(H,23,27). The maximum Gasteiger partial charge on any atom is 0.251 e. The highest BCUT2D eigenvalue weighted by Gasteiger charge is 2.14. The summed E-state index contributed by atoms with van der Waals surface area (Å²) >= 11 is 0. The molecule has 1 aromatic heterocycles. The fraction of sp³-hybridized carbons (Fsp3) is 0.190. The largest absolute Gasteiger partial charge is 0.348 e. The summed E-state index contributed by atoms with van der Waals surface area (Å²) in [6.45, 7) is 0.982. The molecule has 3 aromatic rings. The smallest absolute Gasteiger partial charge is 0.251 e. The molecule has 0 radical (unpaired) electrons. The van der Waals surface area contributed by atoms with Crippen LogP contribution in [0.2, 0.25) is 0 Å². The fourth-order valence-corrected chi connectivity index (χ4v) is 3.87. The van der Waals surface area contributed by atoms with Crippen LogP contribution in [0.15, 0.2) is 71.9 Å². The van der Waals surface area contributed by atoms with Crippen molar-refractivity contribution in [1.29, 1.82) is 5.26 Å². The summed E-state index contributed by atoms with van der Waals surface area (Å²) in [5.41, 5.74) is 2.38. The molecule has 1 amide bonds. The van der Waals surface area contributed by atoms with Crippen LogP contribution < -0.4 is 10.0 Å². The van der Waals surface area contributed by atoms with Crippen molar-refractivity contribution in [2.45, 2.75) is 24.4 Å². The van der Waals surface area contributed by atoms with Gasteiger partial charge in [0.2, 0.25) is 10.0 Å². The second kappa shape index (κ2) is 9.82. The minimum Gasteiger partial charge on any atom is -0.348 e. The van der Waals surface area contributed by atoms with Gasteiger partial charge in [-0.3, -0.25) is 9.48 Å². The van der Waals surface area contributed by atoms with Crippen LogP contribution in [-0.4, -0.2) is 30.7 Å². The Labute approximate surface area is 175 Å². The maximum absolute atomic E-state index is 12.5. The van der Waals surface area contributed by atoms with E-state index in [-0.39, 0.29) is 23.8 Å². The molecular weight excluding hydrogens is 402 g/mol. The highest BCUT2D eigenvalue weighted by molar-refractivity contribution is 7.89. The number of nitriles is 1. The van der Waals surface area contributed by atoms with Crippen molar-refractivity contribution in [2.24, 2.45) is 0 Å². The van der Waals surface area contributed by atoms with Gasteiger partial charge in [-0.2, -0.15) is 10.4 Å². The van der Waals surface area contributed by atoms with Gasteiger partial charge in [0.15, 0.2) is 0 Å². The van der Waals surface area contributed by atoms with Crippen molar-refractivity contribution in [3.8, 4) is 6.07 Å². The zero-order chi connectivity index (χ0) is 21.4. The molecule has 0 aliphatic rings. The van der Waals surface area contributed by atoms with Gasteiger partial charge >= 0.3 is 0 Å². The molecule has 0 aliphatic heterocycles. The summed E-state index contributed by atoms with van der Waals surface area (Å²) in [5, 5.41) is 15.6. The summed E-state index contributed by atoms with van der Waals surface area (Å²) in [6, 6.07) is 17.2. The third kappa shape index (κ3) is 5.53. The van der Waals surface area contributed by atoms with E-state index in [1.807, 2.05) is 47.3 Å². The van der Waals surface area contributed by atoms with E-state index in [1.165, 1.54) is 24.3 Å². The van der Waals surface area contributed by atoms with Crippen LogP contribution in [0.4, 0.5) is 0 Å². The highest BCUT2D eigenvalue weighted by atomic mass is 32.2. The summed E-state index contributed by atoms with van der Waals surface area (Å²) in [5.74, 6) is -0.301. The number of hydrogen-bond donors (Lipinski definition) is 2. The Kier molecular flexibility index (Phi) is 6.95. The van der Waals surface area contributed by atoms with Gasteiger partial charge in [-0.25, -0.2) is 13.1 Å². The first-order chi connectivity index (χ1) is 14.5. The number of aromatic nitrogens is 2. The minimum atomic E-state index is -3.70. The van der Waals surface area contributed by atoms with Crippen molar-refractivity contribution in [2.75, 3.05) is 6.54 Å². The van der Waals surface area contributed by atoms with Gasteiger partial charge in [-0.1, -0.05) is 24.3 Å². The normalized spacial score (nSPS) is 11.0. The van der Waals surface area contributed by atoms with E-state index in [1.54, 1.807) is 6.20 Å². The molecular formula is C21H21N5O3S. The van der Waals surface area contributed by atoms with E-state index in [9.17, 15) is 13.2 Å². The first-order valence-corrected chi connectivity index (χ1v) is 10.8. The Bertz CT molecular complexity index is 1130. The number of hydrogen-bond acceptors (Lipinski definition) is 5. The van der Waals surface area contributed by atoms with Crippen LogP contribution in [0.1, 0.15) is 27.9 Å². The lowest BCUT2D eigenvalue weighted by Crippen LogP contribution is -2.25.